The highest BCUT2D eigenvalue weighted by Gasteiger charge is 2.26. The predicted molar refractivity (Wildman–Crippen MR) is 80.5 cm³/mol. The lowest BCUT2D eigenvalue weighted by Crippen LogP contribution is -2.23. The molecule has 1 aliphatic carbocycles. The molecule has 1 aliphatic rings. The molecule has 0 fully saturated rings. The average molecular weight is 289 g/mol. The molecule has 2 atom stereocenters. The summed E-state index contributed by atoms with van der Waals surface area (Å²) >= 11 is 5.96. The van der Waals surface area contributed by atoms with E-state index in [1.807, 2.05) is 6.07 Å². The lowest BCUT2D eigenvalue weighted by Gasteiger charge is -2.30. The second-order valence-corrected chi connectivity index (χ2v) is 5.71. The molecule has 3 rings (SSSR count). The van der Waals surface area contributed by atoms with Gasteiger partial charge in [0.15, 0.2) is 0 Å². The molecule has 20 heavy (non-hydrogen) atoms. The Kier molecular flexibility index (Phi) is 3.68. The summed E-state index contributed by atoms with van der Waals surface area (Å²) in [5.41, 5.74) is 3.53. The van der Waals surface area contributed by atoms with Crippen molar-refractivity contribution >= 4 is 11.6 Å². The molecule has 104 valence electrons. The summed E-state index contributed by atoms with van der Waals surface area (Å²) < 4.78 is 5.90. The van der Waals surface area contributed by atoms with Crippen LogP contribution in [-0.4, -0.2) is 11.7 Å². The molecule has 0 saturated heterocycles. The maximum Gasteiger partial charge on any atom is 0.125 e. The van der Waals surface area contributed by atoms with Crippen LogP contribution in [0.25, 0.3) is 0 Å². The standard InChI is InChI=1S/C17H17ClO2/c1-11(19)16-9-14(18)6-7-17(16)20-10-13-8-12-4-2-3-5-15(12)13/h2-7,9,11,13,19H,8,10H2,1H3/t11-,13?/m1/s1. The van der Waals surface area contributed by atoms with Crippen LogP contribution in [0.4, 0.5) is 0 Å². The van der Waals surface area contributed by atoms with Crippen LogP contribution in [0.2, 0.25) is 5.02 Å². The van der Waals surface area contributed by atoms with Crippen LogP contribution in [0.5, 0.6) is 5.75 Å². The lowest BCUT2D eigenvalue weighted by atomic mass is 9.78. The molecule has 1 N–H and O–H groups in total. The Morgan fingerprint density at radius 1 is 1.30 bits per heavy atom. The van der Waals surface area contributed by atoms with Crippen LogP contribution < -0.4 is 4.74 Å². The van der Waals surface area contributed by atoms with E-state index in [9.17, 15) is 5.11 Å². The average Bonchev–Trinajstić information content (AvgIpc) is 2.41. The Bertz CT molecular complexity index is 622. The number of aliphatic hydroxyl groups is 1. The Morgan fingerprint density at radius 2 is 2.10 bits per heavy atom. The van der Waals surface area contributed by atoms with Crippen LogP contribution in [0, 0.1) is 0 Å². The van der Waals surface area contributed by atoms with Crippen LogP contribution in [0.15, 0.2) is 42.5 Å². The van der Waals surface area contributed by atoms with E-state index in [-0.39, 0.29) is 0 Å². The molecule has 2 aromatic rings. The largest absolute Gasteiger partial charge is 0.493 e. The van der Waals surface area contributed by atoms with Gasteiger partial charge in [0.2, 0.25) is 0 Å². The monoisotopic (exact) mass is 288 g/mol. The second-order valence-electron chi connectivity index (χ2n) is 5.27. The van der Waals surface area contributed by atoms with Crippen LogP contribution in [0.3, 0.4) is 0 Å². The molecule has 0 aliphatic heterocycles. The van der Waals surface area contributed by atoms with Crippen molar-refractivity contribution in [2.45, 2.75) is 25.4 Å². The first-order chi connectivity index (χ1) is 9.65. The number of fused-ring (bicyclic) bond motifs is 1. The number of halogens is 1. The molecule has 2 nitrogen and oxygen atoms in total. The van der Waals surface area contributed by atoms with E-state index in [0.717, 1.165) is 12.0 Å². The van der Waals surface area contributed by atoms with E-state index in [1.165, 1.54) is 11.1 Å². The molecule has 0 bridgehead atoms. The summed E-state index contributed by atoms with van der Waals surface area (Å²) in [6.45, 7) is 2.36. The number of hydrogen-bond acceptors (Lipinski definition) is 2. The first-order valence-electron chi connectivity index (χ1n) is 6.83. The number of rotatable bonds is 4. The highest BCUT2D eigenvalue weighted by molar-refractivity contribution is 6.30. The van der Waals surface area contributed by atoms with Gasteiger partial charge in [0.1, 0.15) is 5.75 Å². The minimum atomic E-state index is -0.586. The fraction of sp³-hybridized carbons (Fsp3) is 0.294. The molecule has 0 amide bonds. The maximum atomic E-state index is 9.78. The third-order valence-corrected chi connectivity index (χ3v) is 4.06. The van der Waals surface area contributed by atoms with Crippen LogP contribution >= 0.6 is 11.6 Å². The van der Waals surface area contributed by atoms with Crippen molar-refractivity contribution in [3.63, 3.8) is 0 Å². The molecule has 0 aromatic heterocycles. The van der Waals surface area contributed by atoms with Gasteiger partial charge in [-0.2, -0.15) is 0 Å². The quantitative estimate of drug-likeness (QED) is 0.917. The Hall–Kier alpha value is -1.51. The Labute approximate surface area is 124 Å². The van der Waals surface area contributed by atoms with Gasteiger partial charge in [0.25, 0.3) is 0 Å². The van der Waals surface area contributed by atoms with Gasteiger partial charge in [-0.3, -0.25) is 0 Å². The highest BCUT2D eigenvalue weighted by atomic mass is 35.5. The van der Waals surface area contributed by atoms with E-state index in [1.54, 1.807) is 19.1 Å². The minimum Gasteiger partial charge on any atom is -0.493 e. The van der Waals surface area contributed by atoms with Gasteiger partial charge >= 0.3 is 0 Å². The van der Waals surface area contributed by atoms with E-state index >= 15 is 0 Å². The van der Waals surface area contributed by atoms with Crippen molar-refractivity contribution in [1.82, 2.24) is 0 Å². The zero-order chi connectivity index (χ0) is 14.1. The van der Waals surface area contributed by atoms with E-state index < -0.39 is 6.10 Å². The van der Waals surface area contributed by atoms with Crippen LogP contribution in [0.1, 0.15) is 35.6 Å². The number of aliphatic hydroxyl groups excluding tert-OH is 1. The third-order valence-electron chi connectivity index (χ3n) is 3.82. The van der Waals surface area contributed by atoms with Gasteiger partial charge in [-0.1, -0.05) is 35.9 Å². The van der Waals surface area contributed by atoms with Crippen molar-refractivity contribution < 1.29 is 9.84 Å². The third kappa shape index (κ3) is 2.54. The number of ether oxygens (including phenoxy) is 1. The van der Waals surface area contributed by atoms with Gasteiger partial charge in [0.05, 0.1) is 12.7 Å². The first-order valence-corrected chi connectivity index (χ1v) is 7.21. The molecular weight excluding hydrogens is 272 g/mol. The molecule has 0 saturated carbocycles. The number of benzene rings is 2. The van der Waals surface area contributed by atoms with Gasteiger partial charge < -0.3 is 9.84 Å². The minimum absolute atomic E-state index is 0.448. The van der Waals surface area contributed by atoms with E-state index in [0.29, 0.717) is 23.3 Å². The lowest BCUT2D eigenvalue weighted by molar-refractivity contribution is 0.188. The first kappa shape index (κ1) is 13.5. The summed E-state index contributed by atoms with van der Waals surface area (Å²) in [7, 11) is 0. The Morgan fingerprint density at radius 3 is 2.85 bits per heavy atom. The summed E-state index contributed by atoms with van der Waals surface area (Å²) in [6.07, 6.45) is 0.478. The molecular formula is C17H17ClO2. The van der Waals surface area contributed by atoms with Crippen molar-refractivity contribution in [2.75, 3.05) is 6.61 Å². The molecule has 0 heterocycles. The molecule has 3 heteroatoms. The van der Waals surface area contributed by atoms with Crippen molar-refractivity contribution in [3.8, 4) is 5.75 Å². The predicted octanol–water partition coefficient (Wildman–Crippen LogP) is 4.11. The summed E-state index contributed by atoms with van der Waals surface area (Å²) in [6, 6.07) is 13.8. The van der Waals surface area contributed by atoms with Gasteiger partial charge in [-0.15, -0.1) is 0 Å². The van der Waals surface area contributed by atoms with Crippen LogP contribution in [-0.2, 0) is 6.42 Å². The van der Waals surface area contributed by atoms with Gasteiger partial charge in [-0.05, 0) is 42.7 Å². The van der Waals surface area contributed by atoms with Crippen molar-refractivity contribution in [2.24, 2.45) is 0 Å². The van der Waals surface area contributed by atoms with Crippen molar-refractivity contribution in [1.29, 1.82) is 0 Å². The SMILES string of the molecule is C[C@@H](O)c1cc(Cl)ccc1OCC1Cc2ccccc21. The summed E-state index contributed by atoms with van der Waals surface area (Å²) in [4.78, 5) is 0. The summed E-state index contributed by atoms with van der Waals surface area (Å²) in [5, 5.41) is 10.4. The fourth-order valence-electron chi connectivity index (χ4n) is 2.68. The zero-order valence-corrected chi connectivity index (χ0v) is 12.1. The second kappa shape index (κ2) is 5.47. The highest BCUT2D eigenvalue weighted by Crippen LogP contribution is 2.36. The fourth-order valence-corrected chi connectivity index (χ4v) is 2.86. The van der Waals surface area contributed by atoms with Gasteiger partial charge in [0, 0.05) is 16.5 Å². The smallest absolute Gasteiger partial charge is 0.125 e. The Balaban J connectivity index is 1.71. The molecule has 0 radical (unpaired) electrons. The van der Waals surface area contributed by atoms with E-state index in [4.69, 9.17) is 16.3 Å². The number of hydrogen-bond donors (Lipinski definition) is 1. The molecule has 0 spiro atoms. The molecule has 1 unspecified atom stereocenters. The van der Waals surface area contributed by atoms with E-state index in [2.05, 4.69) is 24.3 Å². The normalized spacial score (nSPS) is 18.1. The molecule has 2 aromatic carbocycles. The topological polar surface area (TPSA) is 29.5 Å². The zero-order valence-electron chi connectivity index (χ0n) is 11.3. The van der Waals surface area contributed by atoms with Crippen molar-refractivity contribution in [3.05, 3.63) is 64.2 Å². The summed E-state index contributed by atoms with van der Waals surface area (Å²) in [5.74, 6) is 1.16. The van der Waals surface area contributed by atoms with Gasteiger partial charge in [-0.25, -0.2) is 0 Å². The maximum absolute atomic E-state index is 9.78.